The maximum atomic E-state index is 10.6. The second kappa shape index (κ2) is 4.21. The largest absolute Gasteiger partial charge is 0.479 e. The quantitative estimate of drug-likeness (QED) is 0.755. The second-order valence-electron chi connectivity index (χ2n) is 3.41. The van der Waals surface area contributed by atoms with Crippen LogP contribution in [0.15, 0.2) is 29.6 Å². The van der Waals surface area contributed by atoms with Crippen LogP contribution in [0.4, 0.5) is 0 Å². The van der Waals surface area contributed by atoms with Crippen LogP contribution in [0, 0.1) is 0 Å². The summed E-state index contributed by atoms with van der Waals surface area (Å²) in [5.74, 6) is -1.43. The topological polar surface area (TPSA) is 77.8 Å². The minimum atomic E-state index is -1.80. The van der Waals surface area contributed by atoms with Crippen molar-refractivity contribution in [3.05, 3.63) is 35.2 Å². The Bertz CT molecular complexity index is 519. The molecular formula is C11H10O4S. The molecule has 0 aliphatic rings. The molecule has 0 fully saturated rings. The second-order valence-corrected chi connectivity index (χ2v) is 4.36. The summed E-state index contributed by atoms with van der Waals surface area (Å²) in [6.07, 6.45) is -3.21. The number of carboxylic acids is 1. The van der Waals surface area contributed by atoms with E-state index in [0.717, 1.165) is 10.1 Å². The van der Waals surface area contributed by atoms with Gasteiger partial charge in [-0.1, -0.05) is 12.1 Å². The minimum absolute atomic E-state index is 0.439. The molecule has 0 aliphatic heterocycles. The molecule has 0 radical (unpaired) electrons. The van der Waals surface area contributed by atoms with Crippen LogP contribution >= 0.6 is 11.3 Å². The van der Waals surface area contributed by atoms with Crippen molar-refractivity contribution in [2.75, 3.05) is 0 Å². The average molecular weight is 238 g/mol. The Balaban J connectivity index is 2.46. The van der Waals surface area contributed by atoms with Gasteiger partial charge in [0.2, 0.25) is 0 Å². The number of benzene rings is 1. The summed E-state index contributed by atoms with van der Waals surface area (Å²) in [4.78, 5) is 10.6. The van der Waals surface area contributed by atoms with Gasteiger partial charge in [-0.3, -0.25) is 0 Å². The third-order valence-corrected chi connectivity index (χ3v) is 3.28. The summed E-state index contributed by atoms with van der Waals surface area (Å²) >= 11 is 1.50. The van der Waals surface area contributed by atoms with Gasteiger partial charge >= 0.3 is 5.97 Å². The molecule has 0 bridgehead atoms. The zero-order chi connectivity index (χ0) is 11.7. The number of rotatable bonds is 3. The molecule has 84 valence electrons. The number of fused-ring (bicyclic) bond motifs is 1. The molecule has 5 heteroatoms. The molecule has 0 spiro atoms. The highest BCUT2D eigenvalue weighted by Crippen LogP contribution is 2.29. The Morgan fingerprint density at radius 1 is 1.25 bits per heavy atom. The lowest BCUT2D eigenvalue weighted by Crippen LogP contribution is -2.27. The van der Waals surface area contributed by atoms with E-state index in [1.807, 2.05) is 11.4 Å². The van der Waals surface area contributed by atoms with Crippen molar-refractivity contribution < 1.29 is 20.1 Å². The number of hydrogen-bond donors (Lipinski definition) is 3. The van der Waals surface area contributed by atoms with Gasteiger partial charge in [0.25, 0.3) is 0 Å². The molecule has 0 saturated carbocycles. The third-order valence-electron chi connectivity index (χ3n) is 2.40. The number of aliphatic carboxylic acids is 1. The van der Waals surface area contributed by atoms with E-state index in [9.17, 15) is 15.0 Å². The van der Waals surface area contributed by atoms with Crippen LogP contribution in [0.25, 0.3) is 10.1 Å². The lowest BCUT2D eigenvalue weighted by Gasteiger charge is -2.15. The lowest BCUT2D eigenvalue weighted by molar-refractivity contribution is -0.153. The number of aliphatic hydroxyl groups excluding tert-OH is 2. The highest BCUT2D eigenvalue weighted by atomic mass is 32.1. The molecule has 0 aliphatic carbocycles. The van der Waals surface area contributed by atoms with Crippen molar-refractivity contribution in [1.82, 2.24) is 0 Å². The first-order chi connectivity index (χ1) is 7.61. The Labute approximate surface area is 95.4 Å². The van der Waals surface area contributed by atoms with Gasteiger partial charge in [-0.25, -0.2) is 4.79 Å². The Hall–Kier alpha value is -1.43. The Morgan fingerprint density at radius 2 is 2.00 bits per heavy atom. The van der Waals surface area contributed by atoms with Gasteiger partial charge in [0, 0.05) is 4.70 Å². The maximum absolute atomic E-state index is 10.6. The van der Waals surface area contributed by atoms with E-state index < -0.39 is 18.2 Å². The summed E-state index contributed by atoms with van der Waals surface area (Å²) in [7, 11) is 0. The summed E-state index contributed by atoms with van der Waals surface area (Å²) in [5, 5.41) is 30.3. The molecule has 4 nitrogen and oxygen atoms in total. The van der Waals surface area contributed by atoms with Crippen LogP contribution in [0.5, 0.6) is 0 Å². The Morgan fingerprint density at radius 3 is 2.69 bits per heavy atom. The lowest BCUT2D eigenvalue weighted by atomic mass is 10.0. The van der Waals surface area contributed by atoms with Gasteiger partial charge in [-0.2, -0.15) is 0 Å². The first-order valence-electron chi connectivity index (χ1n) is 4.66. The molecule has 1 heterocycles. The number of hydrogen-bond acceptors (Lipinski definition) is 4. The van der Waals surface area contributed by atoms with Crippen molar-refractivity contribution in [3.8, 4) is 0 Å². The summed E-state index contributed by atoms with van der Waals surface area (Å²) in [6.45, 7) is 0. The number of thiophene rings is 1. The first-order valence-corrected chi connectivity index (χ1v) is 5.54. The van der Waals surface area contributed by atoms with Crippen molar-refractivity contribution in [3.63, 3.8) is 0 Å². The van der Waals surface area contributed by atoms with Gasteiger partial charge in [-0.15, -0.1) is 11.3 Å². The maximum Gasteiger partial charge on any atom is 0.335 e. The van der Waals surface area contributed by atoms with Gasteiger partial charge in [0.15, 0.2) is 6.10 Å². The van der Waals surface area contributed by atoms with Crippen LogP contribution in [0.3, 0.4) is 0 Å². The van der Waals surface area contributed by atoms with Crippen molar-refractivity contribution in [2.45, 2.75) is 12.2 Å². The zero-order valence-electron chi connectivity index (χ0n) is 8.20. The smallest absolute Gasteiger partial charge is 0.335 e. The van der Waals surface area contributed by atoms with Gasteiger partial charge < -0.3 is 15.3 Å². The predicted molar refractivity (Wildman–Crippen MR) is 60.4 cm³/mol. The average Bonchev–Trinajstić information content (AvgIpc) is 2.74. The number of aliphatic hydroxyl groups is 2. The van der Waals surface area contributed by atoms with Crippen LogP contribution in [0.2, 0.25) is 0 Å². The van der Waals surface area contributed by atoms with Crippen molar-refractivity contribution in [2.24, 2.45) is 0 Å². The molecule has 2 rings (SSSR count). The van der Waals surface area contributed by atoms with E-state index in [0.29, 0.717) is 5.56 Å². The minimum Gasteiger partial charge on any atom is -0.479 e. The van der Waals surface area contributed by atoms with Gasteiger partial charge in [0.1, 0.15) is 6.10 Å². The third kappa shape index (κ3) is 1.80. The normalized spacial score (nSPS) is 14.9. The van der Waals surface area contributed by atoms with Crippen molar-refractivity contribution in [1.29, 1.82) is 0 Å². The highest BCUT2D eigenvalue weighted by molar-refractivity contribution is 7.17. The summed E-state index contributed by atoms with van der Waals surface area (Å²) < 4.78 is 0.953. The van der Waals surface area contributed by atoms with Gasteiger partial charge in [-0.05, 0) is 28.5 Å². The number of carboxylic acid groups (broad SMARTS) is 1. The van der Waals surface area contributed by atoms with Crippen LogP contribution in [-0.2, 0) is 4.79 Å². The molecular weight excluding hydrogens is 228 g/mol. The van der Waals surface area contributed by atoms with E-state index in [2.05, 4.69) is 0 Å². The number of carbonyl (C=O) groups is 1. The van der Waals surface area contributed by atoms with E-state index >= 15 is 0 Å². The molecule has 1 aromatic heterocycles. The fraction of sp³-hybridized carbons (Fsp3) is 0.182. The summed E-state index contributed by atoms with van der Waals surface area (Å²) in [5.41, 5.74) is 0.439. The van der Waals surface area contributed by atoms with E-state index in [-0.39, 0.29) is 0 Å². The van der Waals surface area contributed by atoms with E-state index in [1.165, 1.54) is 11.3 Å². The van der Waals surface area contributed by atoms with Crippen molar-refractivity contribution >= 4 is 27.4 Å². The zero-order valence-corrected chi connectivity index (χ0v) is 9.02. The molecule has 0 saturated heterocycles. The van der Waals surface area contributed by atoms with Crippen LogP contribution in [0.1, 0.15) is 11.7 Å². The molecule has 16 heavy (non-hydrogen) atoms. The van der Waals surface area contributed by atoms with Gasteiger partial charge in [0.05, 0.1) is 0 Å². The highest BCUT2D eigenvalue weighted by Gasteiger charge is 2.26. The van der Waals surface area contributed by atoms with E-state index in [4.69, 9.17) is 5.11 Å². The standard InChI is InChI=1S/C11H10O4S/c12-9(10(13)11(14)15)7-2-1-3-8-6(7)4-5-16-8/h1-5,9-10,12-13H,(H,14,15). The molecule has 2 aromatic rings. The molecule has 2 atom stereocenters. The van der Waals surface area contributed by atoms with Crippen LogP contribution in [-0.4, -0.2) is 27.4 Å². The molecule has 0 amide bonds. The fourth-order valence-corrected chi connectivity index (χ4v) is 2.40. The SMILES string of the molecule is O=C(O)C(O)C(O)c1cccc2sccc12. The summed E-state index contributed by atoms with van der Waals surface area (Å²) in [6, 6.07) is 7.02. The predicted octanol–water partition coefficient (Wildman–Crippen LogP) is 1.38. The van der Waals surface area contributed by atoms with E-state index in [1.54, 1.807) is 18.2 Å². The fourth-order valence-electron chi connectivity index (χ4n) is 1.58. The Kier molecular flexibility index (Phi) is 2.91. The molecule has 1 aromatic carbocycles. The molecule has 3 N–H and O–H groups in total. The first kappa shape index (κ1) is 11.1. The monoisotopic (exact) mass is 238 g/mol. The molecule has 2 unspecified atom stereocenters. The van der Waals surface area contributed by atoms with Crippen LogP contribution < -0.4 is 0 Å².